The van der Waals surface area contributed by atoms with Crippen molar-refractivity contribution in [3.05, 3.63) is 59.4 Å². The summed E-state index contributed by atoms with van der Waals surface area (Å²) in [6.45, 7) is 10.4. The van der Waals surface area contributed by atoms with E-state index in [1.807, 2.05) is 24.3 Å². The molecule has 0 amide bonds. The number of para-hydroxylation sites is 1. The van der Waals surface area contributed by atoms with Crippen LogP contribution < -0.4 is 9.64 Å². The van der Waals surface area contributed by atoms with Gasteiger partial charge in [-0.05, 0) is 48.2 Å². The van der Waals surface area contributed by atoms with Gasteiger partial charge in [0.15, 0.2) is 0 Å². The van der Waals surface area contributed by atoms with E-state index in [0.29, 0.717) is 18.2 Å². The summed E-state index contributed by atoms with van der Waals surface area (Å²) in [4.78, 5) is 4.27. The molecule has 1 aliphatic heterocycles. The molecule has 3 rings (SSSR count). The first-order valence-electron chi connectivity index (χ1n) is 10.1. The Hall–Kier alpha value is -1.82. The van der Waals surface area contributed by atoms with Gasteiger partial charge >= 0.3 is 0 Å². The molecule has 1 saturated heterocycles. The second-order valence-corrected chi connectivity index (χ2v) is 7.88. The fourth-order valence-corrected chi connectivity index (χ4v) is 3.81. The summed E-state index contributed by atoms with van der Waals surface area (Å²) in [5.41, 5.74) is 3.19. The van der Waals surface area contributed by atoms with Crippen LogP contribution in [0.1, 0.15) is 30.9 Å². The van der Waals surface area contributed by atoms with Crippen LogP contribution in [0.4, 0.5) is 10.1 Å². The minimum Gasteiger partial charge on any atom is -0.491 e. The minimum absolute atomic E-state index is 0. The first-order chi connectivity index (χ1) is 13.4. The molecule has 2 aromatic carbocycles. The summed E-state index contributed by atoms with van der Waals surface area (Å²) < 4.78 is 19.7. The van der Waals surface area contributed by atoms with Crippen LogP contribution in [0.5, 0.6) is 5.75 Å². The Bertz CT molecular complexity index is 779. The quantitative estimate of drug-likeness (QED) is 0.723. The Kier molecular flexibility index (Phi) is 8.75. The molecular formula is C23H32ClFN2O2. The first-order valence-corrected chi connectivity index (χ1v) is 10.1. The highest BCUT2D eigenvalue weighted by Crippen LogP contribution is 2.24. The van der Waals surface area contributed by atoms with Gasteiger partial charge in [-0.25, -0.2) is 4.39 Å². The second kappa shape index (κ2) is 10.8. The molecule has 1 atom stereocenters. The molecule has 1 aliphatic rings. The number of rotatable bonds is 7. The van der Waals surface area contributed by atoms with Crippen LogP contribution in [-0.2, 0) is 0 Å². The summed E-state index contributed by atoms with van der Waals surface area (Å²) in [5.74, 6) is 1.11. The monoisotopic (exact) mass is 422 g/mol. The molecular weight excluding hydrogens is 391 g/mol. The summed E-state index contributed by atoms with van der Waals surface area (Å²) in [6.07, 6.45) is -0.551. The van der Waals surface area contributed by atoms with Crippen LogP contribution in [0.3, 0.4) is 0 Å². The molecule has 0 radical (unpaired) electrons. The molecule has 0 spiro atoms. The zero-order valence-corrected chi connectivity index (χ0v) is 18.3. The van der Waals surface area contributed by atoms with E-state index in [1.54, 1.807) is 6.07 Å². The van der Waals surface area contributed by atoms with Crippen molar-refractivity contribution >= 4 is 18.1 Å². The van der Waals surface area contributed by atoms with Gasteiger partial charge in [0.05, 0.1) is 5.69 Å². The maximum atomic E-state index is 13.9. The van der Waals surface area contributed by atoms with E-state index in [9.17, 15) is 9.50 Å². The van der Waals surface area contributed by atoms with Crippen molar-refractivity contribution in [2.24, 2.45) is 0 Å². The summed E-state index contributed by atoms with van der Waals surface area (Å²) in [5, 5.41) is 10.4. The SMILES string of the molecule is Cc1cc(OCC(O)CN2CCN(c3ccccc3F)CC2)ccc1C(C)C.Cl. The lowest BCUT2D eigenvalue weighted by Gasteiger charge is -2.36. The standard InChI is InChI=1S/C23H31FN2O2.ClH/c1-17(2)21-9-8-20(14-18(21)3)28-16-19(27)15-25-10-12-26(13-11-25)23-7-5-4-6-22(23)24;/h4-9,14,17,19,27H,10-13,15-16H2,1-3H3;1H. The molecule has 160 valence electrons. The van der Waals surface area contributed by atoms with Crippen molar-refractivity contribution in [2.45, 2.75) is 32.8 Å². The molecule has 1 N–H and O–H groups in total. The Balaban J connectivity index is 0.00000300. The third-order valence-electron chi connectivity index (χ3n) is 5.34. The molecule has 29 heavy (non-hydrogen) atoms. The molecule has 0 saturated carbocycles. The molecule has 0 bridgehead atoms. The Morgan fingerprint density at radius 1 is 1.07 bits per heavy atom. The minimum atomic E-state index is -0.551. The third kappa shape index (κ3) is 6.33. The Morgan fingerprint density at radius 2 is 1.76 bits per heavy atom. The topological polar surface area (TPSA) is 35.9 Å². The number of hydrogen-bond acceptors (Lipinski definition) is 4. The number of aliphatic hydroxyl groups excluding tert-OH is 1. The van der Waals surface area contributed by atoms with Gasteiger partial charge in [0.25, 0.3) is 0 Å². The van der Waals surface area contributed by atoms with Crippen molar-refractivity contribution in [2.75, 3.05) is 44.2 Å². The van der Waals surface area contributed by atoms with E-state index < -0.39 is 6.10 Å². The number of aliphatic hydroxyl groups is 1. The number of piperazine rings is 1. The van der Waals surface area contributed by atoms with Gasteiger partial charge in [0, 0.05) is 32.7 Å². The van der Waals surface area contributed by atoms with Crippen molar-refractivity contribution < 1.29 is 14.2 Å². The first kappa shape index (κ1) is 23.5. The normalized spacial score (nSPS) is 15.9. The molecule has 1 unspecified atom stereocenters. The van der Waals surface area contributed by atoms with Gasteiger partial charge in [0.2, 0.25) is 0 Å². The molecule has 0 aliphatic carbocycles. The lowest BCUT2D eigenvalue weighted by atomic mass is 9.98. The predicted octanol–water partition coefficient (Wildman–Crippen LogP) is 4.24. The van der Waals surface area contributed by atoms with Crippen molar-refractivity contribution in [3.63, 3.8) is 0 Å². The molecule has 1 fully saturated rings. The summed E-state index contributed by atoms with van der Waals surface area (Å²) in [6, 6.07) is 13.0. The highest BCUT2D eigenvalue weighted by Gasteiger charge is 2.21. The van der Waals surface area contributed by atoms with Gasteiger partial charge in [0.1, 0.15) is 24.3 Å². The lowest BCUT2D eigenvalue weighted by Crippen LogP contribution is -2.49. The summed E-state index contributed by atoms with van der Waals surface area (Å²) >= 11 is 0. The van der Waals surface area contributed by atoms with Gasteiger partial charge in [-0.3, -0.25) is 4.90 Å². The zero-order chi connectivity index (χ0) is 20.1. The average Bonchev–Trinajstić information content (AvgIpc) is 2.67. The number of aryl methyl sites for hydroxylation is 1. The maximum absolute atomic E-state index is 13.9. The van der Waals surface area contributed by atoms with E-state index in [1.165, 1.54) is 17.2 Å². The summed E-state index contributed by atoms with van der Waals surface area (Å²) in [7, 11) is 0. The van der Waals surface area contributed by atoms with Gasteiger partial charge in [-0.2, -0.15) is 0 Å². The zero-order valence-electron chi connectivity index (χ0n) is 17.5. The van der Waals surface area contributed by atoms with Crippen molar-refractivity contribution in [1.29, 1.82) is 0 Å². The van der Waals surface area contributed by atoms with Gasteiger partial charge in [-0.1, -0.05) is 32.0 Å². The van der Waals surface area contributed by atoms with Crippen LogP contribution in [0, 0.1) is 12.7 Å². The third-order valence-corrected chi connectivity index (χ3v) is 5.34. The molecule has 2 aromatic rings. The van der Waals surface area contributed by atoms with E-state index in [-0.39, 0.29) is 24.8 Å². The Labute approximate surface area is 179 Å². The van der Waals surface area contributed by atoms with Gasteiger partial charge < -0.3 is 14.7 Å². The Morgan fingerprint density at radius 3 is 2.38 bits per heavy atom. The number of anilines is 1. The van der Waals surface area contributed by atoms with E-state index in [4.69, 9.17) is 4.74 Å². The fraction of sp³-hybridized carbons (Fsp3) is 0.478. The van der Waals surface area contributed by atoms with Crippen molar-refractivity contribution in [1.82, 2.24) is 4.90 Å². The van der Waals surface area contributed by atoms with Crippen LogP contribution in [0.25, 0.3) is 0 Å². The van der Waals surface area contributed by atoms with Crippen LogP contribution >= 0.6 is 12.4 Å². The van der Waals surface area contributed by atoms with Gasteiger partial charge in [-0.15, -0.1) is 12.4 Å². The molecule has 0 aromatic heterocycles. The number of benzene rings is 2. The highest BCUT2D eigenvalue weighted by atomic mass is 35.5. The number of hydrogen-bond donors (Lipinski definition) is 1. The smallest absolute Gasteiger partial charge is 0.146 e. The highest BCUT2D eigenvalue weighted by molar-refractivity contribution is 5.85. The molecule has 4 nitrogen and oxygen atoms in total. The van der Waals surface area contributed by atoms with E-state index in [2.05, 4.69) is 36.6 Å². The van der Waals surface area contributed by atoms with E-state index >= 15 is 0 Å². The fourth-order valence-electron chi connectivity index (χ4n) is 3.81. The number of nitrogens with zero attached hydrogens (tertiary/aromatic N) is 2. The average molecular weight is 423 g/mol. The largest absolute Gasteiger partial charge is 0.491 e. The lowest BCUT2D eigenvalue weighted by molar-refractivity contribution is 0.0662. The maximum Gasteiger partial charge on any atom is 0.146 e. The predicted molar refractivity (Wildman–Crippen MR) is 119 cm³/mol. The van der Waals surface area contributed by atoms with Crippen LogP contribution in [0.15, 0.2) is 42.5 Å². The number of ether oxygens (including phenoxy) is 1. The van der Waals surface area contributed by atoms with Crippen LogP contribution in [0.2, 0.25) is 0 Å². The molecule has 6 heteroatoms. The van der Waals surface area contributed by atoms with E-state index in [0.717, 1.165) is 31.9 Å². The number of β-amino-alcohol motifs (C(OH)–C–C–N with tert-alkyl or cyclic N) is 1. The van der Waals surface area contributed by atoms with Crippen molar-refractivity contribution in [3.8, 4) is 5.75 Å². The van der Waals surface area contributed by atoms with Crippen LogP contribution in [-0.4, -0.2) is 55.4 Å². The number of halogens is 2. The second-order valence-electron chi connectivity index (χ2n) is 7.88. The molecule has 1 heterocycles.